The van der Waals surface area contributed by atoms with E-state index < -0.39 is 5.97 Å². The van der Waals surface area contributed by atoms with Crippen LogP contribution in [0.5, 0.6) is 0 Å². The predicted octanol–water partition coefficient (Wildman–Crippen LogP) is 1.79. The van der Waals surface area contributed by atoms with Crippen molar-refractivity contribution in [3.05, 3.63) is 35.4 Å². The lowest BCUT2D eigenvalue weighted by molar-refractivity contribution is 0.0424. The van der Waals surface area contributed by atoms with E-state index in [1.54, 1.807) is 18.4 Å². The van der Waals surface area contributed by atoms with Crippen molar-refractivity contribution in [3.63, 3.8) is 0 Å². The highest BCUT2D eigenvalue weighted by Gasteiger charge is 2.13. The van der Waals surface area contributed by atoms with Crippen LogP contribution in [0.15, 0.2) is 22.6 Å². The standard InChI is InChI=1S/C11H12N4O3S/c1-3-4-12-11-14-8(6-19-11)10(16)17-5-9-13-7(2)15-18-9/h3,6H,1,4-5H2,2H3,(H,12,14). The minimum atomic E-state index is -0.529. The largest absolute Gasteiger partial charge is 0.451 e. The maximum atomic E-state index is 11.7. The van der Waals surface area contributed by atoms with Crippen LogP contribution in [0.2, 0.25) is 0 Å². The van der Waals surface area contributed by atoms with E-state index in [4.69, 9.17) is 9.26 Å². The second-order valence-electron chi connectivity index (χ2n) is 3.52. The zero-order valence-corrected chi connectivity index (χ0v) is 11.1. The molecular formula is C11H12N4O3S. The molecule has 0 saturated carbocycles. The zero-order chi connectivity index (χ0) is 13.7. The van der Waals surface area contributed by atoms with Crippen LogP contribution in [-0.2, 0) is 11.3 Å². The third-order valence-electron chi connectivity index (χ3n) is 2.01. The number of nitrogens with one attached hydrogen (secondary N) is 1. The first-order valence-electron chi connectivity index (χ1n) is 5.45. The Labute approximate surface area is 113 Å². The molecule has 0 spiro atoms. The van der Waals surface area contributed by atoms with Gasteiger partial charge in [0, 0.05) is 11.9 Å². The number of ether oxygens (including phenoxy) is 1. The molecule has 8 heteroatoms. The van der Waals surface area contributed by atoms with Gasteiger partial charge in [0.15, 0.2) is 23.3 Å². The second-order valence-corrected chi connectivity index (χ2v) is 4.38. The smallest absolute Gasteiger partial charge is 0.358 e. The van der Waals surface area contributed by atoms with Crippen LogP contribution < -0.4 is 5.32 Å². The molecule has 2 aromatic rings. The van der Waals surface area contributed by atoms with Crippen LogP contribution in [0.3, 0.4) is 0 Å². The van der Waals surface area contributed by atoms with Gasteiger partial charge in [0.1, 0.15) is 0 Å². The summed E-state index contributed by atoms with van der Waals surface area (Å²) in [6.07, 6.45) is 1.71. The quantitative estimate of drug-likeness (QED) is 0.637. The van der Waals surface area contributed by atoms with Gasteiger partial charge < -0.3 is 14.6 Å². The Morgan fingerprint density at radius 2 is 2.47 bits per heavy atom. The first-order chi connectivity index (χ1) is 9.19. The normalized spacial score (nSPS) is 10.2. The molecule has 2 rings (SSSR count). The van der Waals surface area contributed by atoms with Gasteiger partial charge in [0.2, 0.25) is 0 Å². The van der Waals surface area contributed by atoms with E-state index in [0.29, 0.717) is 17.5 Å². The Morgan fingerprint density at radius 3 is 3.16 bits per heavy atom. The molecule has 19 heavy (non-hydrogen) atoms. The molecule has 7 nitrogen and oxygen atoms in total. The van der Waals surface area contributed by atoms with Gasteiger partial charge in [-0.2, -0.15) is 4.98 Å². The Kier molecular flexibility index (Phi) is 4.24. The van der Waals surface area contributed by atoms with Gasteiger partial charge in [-0.3, -0.25) is 0 Å². The number of carbonyl (C=O) groups excluding carboxylic acids is 1. The van der Waals surface area contributed by atoms with Crippen molar-refractivity contribution < 1.29 is 14.1 Å². The summed E-state index contributed by atoms with van der Waals surface area (Å²) < 4.78 is 9.84. The molecule has 0 aliphatic carbocycles. The molecule has 0 aliphatic rings. The van der Waals surface area contributed by atoms with Crippen molar-refractivity contribution in [3.8, 4) is 0 Å². The van der Waals surface area contributed by atoms with Crippen molar-refractivity contribution in [2.75, 3.05) is 11.9 Å². The lowest BCUT2D eigenvalue weighted by Gasteiger charge is -1.98. The Bertz CT molecular complexity index is 578. The number of nitrogens with zero attached hydrogens (tertiary/aromatic N) is 3. The number of aryl methyl sites for hydroxylation is 1. The Hall–Kier alpha value is -2.22. The third-order valence-corrected chi connectivity index (χ3v) is 2.81. The van der Waals surface area contributed by atoms with Gasteiger partial charge in [0.05, 0.1) is 0 Å². The number of hydrogen-bond acceptors (Lipinski definition) is 8. The fourth-order valence-electron chi connectivity index (χ4n) is 1.21. The van der Waals surface area contributed by atoms with E-state index in [9.17, 15) is 4.79 Å². The monoisotopic (exact) mass is 280 g/mol. The van der Waals surface area contributed by atoms with Crippen LogP contribution in [0.25, 0.3) is 0 Å². The van der Waals surface area contributed by atoms with E-state index in [1.807, 2.05) is 0 Å². The molecule has 0 saturated heterocycles. The third kappa shape index (κ3) is 3.62. The van der Waals surface area contributed by atoms with E-state index in [1.165, 1.54) is 11.3 Å². The summed E-state index contributed by atoms with van der Waals surface area (Å²) in [6.45, 7) is 5.79. The van der Waals surface area contributed by atoms with Crippen molar-refractivity contribution in [1.82, 2.24) is 15.1 Å². The minimum Gasteiger partial charge on any atom is -0.451 e. The first-order valence-corrected chi connectivity index (χ1v) is 6.33. The summed E-state index contributed by atoms with van der Waals surface area (Å²) in [7, 11) is 0. The van der Waals surface area contributed by atoms with Gasteiger partial charge in [0.25, 0.3) is 5.89 Å². The number of hydrogen-bond donors (Lipinski definition) is 1. The van der Waals surface area contributed by atoms with Crippen molar-refractivity contribution in [2.24, 2.45) is 0 Å². The zero-order valence-electron chi connectivity index (χ0n) is 10.3. The van der Waals surface area contributed by atoms with E-state index >= 15 is 0 Å². The van der Waals surface area contributed by atoms with Crippen LogP contribution in [-0.4, -0.2) is 27.6 Å². The number of esters is 1. The van der Waals surface area contributed by atoms with E-state index in [-0.39, 0.29) is 18.2 Å². The van der Waals surface area contributed by atoms with Crippen molar-refractivity contribution in [1.29, 1.82) is 0 Å². The van der Waals surface area contributed by atoms with Gasteiger partial charge in [-0.1, -0.05) is 11.2 Å². The number of aromatic nitrogens is 3. The summed E-state index contributed by atoms with van der Waals surface area (Å²) in [5, 5.41) is 8.84. The topological polar surface area (TPSA) is 90.1 Å². The lowest BCUT2D eigenvalue weighted by Crippen LogP contribution is -2.06. The number of anilines is 1. The Morgan fingerprint density at radius 1 is 1.63 bits per heavy atom. The summed E-state index contributed by atoms with van der Waals surface area (Å²) >= 11 is 1.32. The molecule has 1 N–H and O–H groups in total. The molecule has 0 unspecified atom stereocenters. The van der Waals surface area contributed by atoms with Gasteiger partial charge in [-0.15, -0.1) is 17.9 Å². The predicted molar refractivity (Wildman–Crippen MR) is 69.0 cm³/mol. The first kappa shape index (κ1) is 13.2. The number of rotatable bonds is 6. The van der Waals surface area contributed by atoms with Crippen LogP contribution in [0, 0.1) is 6.92 Å². The Balaban J connectivity index is 1.88. The van der Waals surface area contributed by atoms with E-state index in [0.717, 1.165) is 0 Å². The minimum absolute atomic E-state index is 0.0629. The van der Waals surface area contributed by atoms with Crippen LogP contribution >= 0.6 is 11.3 Å². The average molecular weight is 280 g/mol. The molecule has 0 fully saturated rings. The highest BCUT2D eigenvalue weighted by molar-refractivity contribution is 7.13. The second kappa shape index (κ2) is 6.10. The van der Waals surface area contributed by atoms with Gasteiger partial charge in [-0.05, 0) is 6.92 Å². The number of thiazole rings is 1. The highest BCUT2D eigenvalue weighted by atomic mass is 32.1. The maximum absolute atomic E-state index is 11.7. The average Bonchev–Trinajstić information content (AvgIpc) is 3.02. The molecule has 0 radical (unpaired) electrons. The lowest BCUT2D eigenvalue weighted by atomic mass is 10.5. The summed E-state index contributed by atoms with van der Waals surface area (Å²) in [5.41, 5.74) is 0.243. The fourth-order valence-corrected chi connectivity index (χ4v) is 1.90. The molecule has 2 heterocycles. The van der Waals surface area contributed by atoms with Crippen LogP contribution in [0.1, 0.15) is 22.2 Å². The molecule has 0 aromatic carbocycles. The molecule has 2 aromatic heterocycles. The fraction of sp³-hybridized carbons (Fsp3) is 0.273. The maximum Gasteiger partial charge on any atom is 0.358 e. The molecule has 0 atom stereocenters. The summed E-state index contributed by atoms with van der Waals surface area (Å²) in [5.74, 6) is 0.223. The number of carbonyl (C=O) groups is 1. The molecule has 100 valence electrons. The summed E-state index contributed by atoms with van der Waals surface area (Å²) in [4.78, 5) is 19.7. The molecule has 0 amide bonds. The van der Waals surface area contributed by atoms with E-state index in [2.05, 4.69) is 27.0 Å². The molecular weight excluding hydrogens is 268 g/mol. The van der Waals surface area contributed by atoms with Crippen molar-refractivity contribution >= 4 is 22.4 Å². The van der Waals surface area contributed by atoms with Crippen molar-refractivity contribution in [2.45, 2.75) is 13.5 Å². The molecule has 0 aliphatic heterocycles. The van der Waals surface area contributed by atoms with Crippen LogP contribution in [0.4, 0.5) is 5.13 Å². The van der Waals surface area contributed by atoms with Gasteiger partial charge >= 0.3 is 5.97 Å². The summed E-state index contributed by atoms with van der Waals surface area (Å²) in [6, 6.07) is 0. The van der Waals surface area contributed by atoms with Gasteiger partial charge in [-0.25, -0.2) is 9.78 Å². The molecule has 0 bridgehead atoms. The highest BCUT2D eigenvalue weighted by Crippen LogP contribution is 2.16. The SMILES string of the molecule is C=CCNc1nc(C(=O)OCc2nc(C)no2)cs1.